The van der Waals surface area contributed by atoms with Crippen LogP contribution >= 0.6 is 0 Å². The van der Waals surface area contributed by atoms with E-state index in [1.807, 2.05) is 38.1 Å². The van der Waals surface area contributed by atoms with Crippen LogP contribution in [0.1, 0.15) is 32.4 Å². The van der Waals surface area contributed by atoms with Crippen molar-refractivity contribution in [3.05, 3.63) is 29.8 Å². The van der Waals surface area contributed by atoms with Crippen molar-refractivity contribution >= 4 is 0 Å². The van der Waals surface area contributed by atoms with E-state index in [1.165, 1.54) is 5.56 Å². The number of hydrogen-bond donors (Lipinski definition) is 1. The van der Waals surface area contributed by atoms with E-state index >= 15 is 0 Å². The number of benzene rings is 1. The van der Waals surface area contributed by atoms with Crippen molar-refractivity contribution in [1.29, 1.82) is 0 Å². The van der Waals surface area contributed by atoms with Crippen molar-refractivity contribution in [3.8, 4) is 5.75 Å². The summed E-state index contributed by atoms with van der Waals surface area (Å²) in [5, 5.41) is 0. The van der Waals surface area contributed by atoms with Crippen molar-refractivity contribution in [2.24, 2.45) is 0 Å². The van der Waals surface area contributed by atoms with E-state index in [1.54, 1.807) is 7.11 Å². The zero-order chi connectivity index (χ0) is 11.3. The van der Waals surface area contributed by atoms with Gasteiger partial charge in [0.25, 0.3) is 0 Å². The smallest absolute Gasteiger partial charge is 0.118 e. The lowest BCUT2D eigenvalue weighted by atomic mass is 10.1. The van der Waals surface area contributed by atoms with E-state index < -0.39 is 0 Å². The highest BCUT2D eigenvalue weighted by Crippen LogP contribution is 2.17. The summed E-state index contributed by atoms with van der Waals surface area (Å²) in [5.41, 5.74) is 4.17. The summed E-state index contributed by atoms with van der Waals surface area (Å²) >= 11 is 0. The second-order valence-electron chi connectivity index (χ2n) is 3.78. The number of methoxy groups -OCH3 is 1. The molecule has 3 heteroatoms. The molecule has 0 aliphatic rings. The number of hydrogen-bond acceptors (Lipinski definition) is 3. The zero-order valence-corrected chi connectivity index (χ0v) is 9.78. The first-order valence-electron chi connectivity index (χ1n) is 5.18. The largest absolute Gasteiger partial charge is 0.497 e. The first-order chi connectivity index (χ1) is 7.13. The molecule has 0 aliphatic carbocycles. The third-order valence-electron chi connectivity index (χ3n) is 2.10. The highest BCUT2D eigenvalue weighted by Gasteiger charge is 2.05. The van der Waals surface area contributed by atoms with Crippen molar-refractivity contribution in [2.45, 2.75) is 32.9 Å². The second-order valence-corrected chi connectivity index (χ2v) is 3.78. The molecular formula is C12H19NO2. The van der Waals surface area contributed by atoms with Crippen LogP contribution in [-0.2, 0) is 4.84 Å². The van der Waals surface area contributed by atoms with Crippen molar-refractivity contribution < 1.29 is 9.57 Å². The highest BCUT2D eigenvalue weighted by atomic mass is 16.7. The molecule has 0 aromatic heterocycles. The van der Waals surface area contributed by atoms with Crippen LogP contribution in [0.15, 0.2) is 24.3 Å². The van der Waals surface area contributed by atoms with Gasteiger partial charge < -0.3 is 4.74 Å². The Morgan fingerprint density at radius 2 is 1.67 bits per heavy atom. The molecule has 1 N–H and O–H groups in total. The lowest BCUT2D eigenvalue weighted by molar-refractivity contribution is -0.0232. The van der Waals surface area contributed by atoms with Crippen LogP contribution in [0.25, 0.3) is 0 Å². The van der Waals surface area contributed by atoms with Gasteiger partial charge in [0.15, 0.2) is 0 Å². The van der Waals surface area contributed by atoms with Gasteiger partial charge in [0.05, 0.1) is 19.3 Å². The second kappa shape index (κ2) is 5.73. The maximum absolute atomic E-state index is 5.33. The van der Waals surface area contributed by atoms with Crippen molar-refractivity contribution in [3.63, 3.8) is 0 Å². The Kier molecular flexibility index (Phi) is 4.59. The maximum Gasteiger partial charge on any atom is 0.118 e. The fourth-order valence-corrected chi connectivity index (χ4v) is 1.20. The highest BCUT2D eigenvalue weighted by molar-refractivity contribution is 5.28. The monoisotopic (exact) mass is 209 g/mol. The summed E-state index contributed by atoms with van der Waals surface area (Å²) in [6.45, 7) is 6.05. The van der Waals surface area contributed by atoms with Crippen LogP contribution in [0.4, 0.5) is 0 Å². The van der Waals surface area contributed by atoms with E-state index in [0.717, 1.165) is 5.75 Å². The molecule has 0 spiro atoms. The average Bonchev–Trinajstić information content (AvgIpc) is 2.26. The minimum absolute atomic E-state index is 0.179. The molecule has 0 bridgehead atoms. The molecule has 0 amide bonds. The molecular weight excluding hydrogens is 190 g/mol. The standard InChI is InChI=1S/C12H19NO2/c1-9(2)15-13-10(3)11-5-7-12(14-4)8-6-11/h5-10,13H,1-4H3/t10-/m0/s1. The number of rotatable bonds is 5. The van der Waals surface area contributed by atoms with E-state index in [4.69, 9.17) is 9.57 Å². The molecule has 0 radical (unpaired) electrons. The van der Waals surface area contributed by atoms with Crippen molar-refractivity contribution in [1.82, 2.24) is 5.48 Å². The number of nitrogens with one attached hydrogen (secondary N) is 1. The average molecular weight is 209 g/mol. The SMILES string of the molecule is COc1ccc([C@H](C)NOC(C)C)cc1. The van der Waals surface area contributed by atoms with E-state index in [2.05, 4.69) is 12.4 Å². The summed E-state index contributed by atoms with van der Waals surface area (Å²) in [7, 11) is 1.67. The van der Waals surface area contributed by atoms with Gasteiger partial charge in [-0.05, 0) is 38.5 Å². The molecule has 1 aromatic carbocycles. The molecule has 1 atom stereocenters. The topological polar surface area (TPSA) is 30.5 Å². The minimum atomic E-state index is 0.179. The molecule has 0 saturated carbocycles. The third-order valence-corrected chi connectivity index (χ3v) is 2.10. The molecule has 84 valence electrons. The Morgan fingerprint density at radius 1 is 1.07 bits per heavy atom. The van der Waals surface area contributed by atoms with Crippen molar-refractivity contribution in [2.75, 3.05) is 7.11 Å². The Bertz CT molecular complexity index is 282. The Morgan fingerprint density at radius 3 is 2.13 bits per heavy atom. The third kappa shape index (κ3) is 3.90. The Balaban J connectivity index is 2.54. The van der Waals surface area contributed by atoms with Gasteiger partial charge in [0.2, 0.25) is 0 Å². The Labute approximate surface area is 91.4 Å². The van der Waals surface area contributed by atoms with Crippen LogP contribution in [0.5, 0.6) is 5.75 Å². The summed E-state index contributed by atoms with van der Waals surface area (Å²) in [4.78, 5) is 5.33. The van der Waals surface area contributed by atoms with E-state index in [-0.39, 0.29) is 12.1 Å². The van der Waals surface area contributed by atoms with Gasteiger partial charge in [-0.25, -0.2) is 0 Å². The van der Waals surface area contributed by atoms with Gasteiger partial charge in [0.1, 0.15) is 5.75 Å². The van der Waals surface area contributed by atoms with Crippen LogP contribution in [-0.4, -0.2) is 13.2 Å². The van der Waals surface area contributed by atoms with Gasteiger partial charge in [-0.2, -0.15) is 5.48 Å². The van der Waals surface area contributed by atoms with Crippen LogP contribution in [0.3, 0.4) is 0 Å². The molecule has 1 aromatic rings. The fraction of sp³-hybridized carbons (Fsp3) is 0.500. The summed E-state index contributed by atoms with van der Waals surface area (Å²) in [6, 6.07) is 8.13. The minimum Gasteiger partial charge on any atom is -0.497 e. The molecule has 0 unspecified atom stereocenters. The maximum atomic E-state index is 5.33. The molecule has 3 nitrogen and oxygen atoms in total. The van der Waals surface area contributed by atoms with Gasteiger partial charge in [-0.1, -0.05) is 12.1 Å². The number of hydroxylamine groups is 1. The predicted molar refractivity (Wildman–Crippen MR) is 60.8 cm³/mol. The van der Waals surface area contributed by atoms with Gasteiger partial charge >= 0.3 is 0 Å². The van der Waals surface area contributed by atoms with Crippen LogP contribution < -0.4 is 10.2 Å². The molecule has 1 rings (SSSR count). The molecule has 15 heavy (non-hydrogen) atoms. The van der Waals surface area contributed by atoms with E-state index in [0.29, 0.717) is 0 Å². The summed E-state index contributed by atoms with van der Waals surface area (Å²) < 4.78 is 5.10. The molecule has 0 aliphatic heterocycles. The molecule has 0 saturated heterocycles. The molecule has 0 heterocycles. The lowest BCUT2D eigenvalue weighted by Crippen LogP contribution is -2.22. The summed E-state index contributed by atoms with van der Waals surface area (Å²) in [6.07, 6.45) is 0.186. The first-order valence-corrected chi connectivity index (χ1v) is 5.18. The van der Waals surface area contributed by atoms with Gasteiger partial charge in [-0.3, -0.25) is 4.84 Å². The van der Waals surface area contributed by atoms with Crippen LogP contribution in [0, 0.1) is 0 Å². The van der Waals surface area contributed by atoms with E-state index in [9.17, 15) is 0 Å². The predicted octanol–water partition coefficient (Wildman–Crippen LogP) is 2.69. The first kappa shape index (κ1) is 12.0. The van der Waals surface area contributed by atoms with Gasteiger partial charge in [0, 0.05) is 0 Å². The molecule has 0 fully saturated rings. The number of ether oxygens (including phenoxy) is 1. The summed E-state index contributed by atoms with van der Waals surface area (Å²) in [5.74, 6) is 0.871. The fourth-order valence-electron chi connectivity index (χ4n) is 1.20. The Hall–Kier alpha value is -1.06. The lowest BCUT2D eigenvalue weighted by Gasteiger charge is -2.16. The van der Waals surface area contributed by atoms with Crippen LogP contribution in [0.2, 0.25) is 0 Å². The zero-order valence-electron chi connectivity index (χ0n) is 9.78. The quantitative estimate of drug-likeness (QED) is 0.756. The van der Waals surface area contributed by atoms with Gasteiger partial charge in [-0.15, -0.1) is 0 Å². The normalized spacial score (nSPS) is 12.9.